The van der Waals surface area contributed by atoms with Crippen LogP contribution in [-0.4, -0.2) is 59.7 Å². The Labute approximate surface area is 160 Å². The van der Waals surface area contributed by atoms with Crippen LogP contribution in [0.3, 0.4) is 0 Å². The van der Waals surface area contributed by atoms with E-state index in [0.717, 1.165) is 4.47 Å². The summed E-state index contributed by atoms with van der Waals surface area (Å²) in [6.45, 7) is 0.358. The second-order valence-electron chi connectivity index (χ2n) is 5.66. The fourth-order valence-corrected chi connectivity index (χ4v) is 2.87. The molecule has 0 radical (unpaired) electrons. The number of carbonyl (C=O) groups is 2. The van der Waals surface area contributed by atoms with Crippen LogP contribution in [0.4, 0.5) is 5.69 Å². The number of nitrogens with zero attached hydrogens (tertiary/aromatic N) is 1. The summed E-state index contributed by atoms with van der Waals surface area (Å²) in [5, 5.41) is 20.8. The third kappa shape index (κ3) is 5.74. The van der Waals surface area contributed by atoms with Crippen molar-refractivity contribution in [2.75, 3.05) is 38.2 Å². The van der Waals surface area contributed by atoms with E-state index < -0.39 is 0 Å². The molecule has 0 fully saturated rings. The zero-order valence-corrected chi connectivity index (χ0v) is 15.8. The summed E-state index contributed by atoms with van der Waals surface area (Å²) in [7, 11) is 0. The van der Waals surface area contributed by atoms with E-state index in [0.29, 0.717) is 16.8 Å². The van der Waals surface area contributed by atoms with Gasteiger partial charge in [0, 0.05) is 28.7 Å². The molecule has 1 amide bonds. The van der Waals surface area contributed by atoms with Gasteiger partial charge in [-0.05, 0) is 18.2 Å². The number of anilines is 1. The lowest BCUT2D eigenvalue weighted by Crippen LogP contribution is -2.37. The molecule has 0 aliphatic heterocycles. The molecule has 0 saturated heterocycles. The van der Waals surface area contributed by atoms with E-state index in [1.54, 1.807) is 47.4 Å². The van der Waals surface area contributed by atoms with Gasteiger partial charge in [-0.2, -0.15) is 0 Å². The van der Waals surface area contributed by atoms with Crippen molar-refractivity contribution in [2.24, 2.45) is 0 Å². The molecule has 0 aliphatic rings. The second-order valence-corrected chi connectivity index (χ2v) is 6.57. The molecule has 2 aromatic carbocycles. The normalized spacial score (nSPS) is 10.8. The highest BCUT2D eigenvalue weighted by Gasteiger charge is 2.17. The van der Waals surface area contributed by atoms with Crippen LogP contribution < -0.4 is 5.32 Å². The van der Waals surface area contributed by atoms with Crippen molar-refractivity contribution in [3.63, 3.8) is 0 Å². The number of aliphatic hydroxyl groups excluding tert-OH is 2. The van der Waals surface area contributed by atoms with Crippen molar-refractivity contribution < 1.29 is 19.8 Å². The molecular formula is C19H21BrN2O4. The van der Waals surface area contributed by atoms with Crippen LogP contribution in [0.5, 0.6) is 0 Å². The first kappa shape index (κ1) is 20.3. The summed E-state index contributed by atoms with van der Waals surface area (Å²) < 4.78 is 0.733. The van der Waals surface area contributed by atoms with Gasteiger partial charge in [0.25, 0.3) is 0 Å². The van der Waals surface area contributed by atoms with Gasteiger partial charge >= 0.3 is 0 Å². The van der Waals surface area contributed by atoms with Crippen LogP contribution in [0, 0.1) is 0 Å². The van der Waals surface area contributed by atoms with Gasteiger partial charge in [-0.25, -0.2) is 0 Å². The lowest BCUT2D eigenvalue weighted by atomic mass is 10.0. The quantitative estimate of drug-likeness (QED) is 0.539. The van der Waals surface area contributed by atoms with E-state index in [4.69, 9.17) is 10.2 Å². The van der Waals surface area contributed by atoms with Gasteiger partial charge in [-0.15, -0.1) is 0 Å². The number of aliphatic hydroxyl groups is 2. The number of hydrogen-bond acceptors (Lipinski definition) is 5. The van der Waals surface area contributed by atoms with Crippen molar-refractivity contribution >= 4 is 33.3 Å². The maximum atomic E-state index is 12.8. The molecule has 0 spiro atoms. The Hall–Kier alpha value is -2.06. The van der Waals surface area contributed by atoms with Gasteiger partial charge in [-0.3, -0.25) is 14.5 Å². The van der Waals surface area contributed by atoms with E-state index in [1.165, 1.54) is 0 Å². The fourth-order valence-electron chi connectivity index (χ4n) is 2.50. The van der Waals surface area contributed by atoms with E-state index in [-0.39, 0.29) is 44.5 Å². The molecular weight excluding hydrogens is 400 g/mol. The number of halogens is 1. The Morgan fingerprint density at radius 1 is 1.00 bits per heavy atom. The first-order chi connectivity index (χ1) is 12.5. The van der Waals surface area contributed by atoms with E-state index in [9.17, 15) is 9.59 Å². The minimum atomic E-state index is -0.323. The average molecular weight is 421 g/mol. The van der Waals surface area contributed by atoms with Crippen LogP contribution in [0.2, 0.25) is 0 Å². The largest absolute Gasteiger partial charge is 0.395 e. The van der Waals surface area contributed by atoms with Crippen molar-refractivity contribution in [1.82, 2.24) is 4.90 Å². The van der Waals surface area contributed by atoms with Crippen molar-refractivity contribution in [3.8, 4) is 0 Å². The van der Waals surface area contributed by atoms with Gasteiger partial charge in [0.15, 0.2) is 5.78 Å². The smallest absolute Gasteiger partial charge is 0.238 e. The number of rotatable bonds is 9. The van der Waals surface area contributed by atoms with Crippen LogP contribution in [0.25, 0.3) is 0 Å². The van der Waals surface area contributed by atoms with Crippen molar-refractivity contribution in [2.45, 2.75) is 0 Å². The number of benzene rings is 2. The first-order valence-electron chi connectivity index (χ1n) is 8.18. The molecule has 26 heavy (non-hydrogen) atoms. The topological polar surface area (TPSA) is 89.9 Å². The zero-order valence-electron chi connectivity index (χ0n) is 14.2. The van der Waals surface area contributed by atoms with Crippen LogP contribution >= 0.6 is 15.9 Å². The van der Waals surface area contributed by atoms with Crippen LogP contribution in [0.1, 0.15) is 15.9 Å². The molecule has 0 saturated carbocycles. The first-order valence-corrected chi connectivity index (χ1v) is 8.97. The van der Waals surface area contributed by atoms with Gasteiger partial charge < -0.3 is 15.5 Å². The molecule has 0 heterocycles. The summed E-state index contributed by atoms with van der Waals surface area (Å²) in [4.78, 5) is 26.7. The van der Waals surface area contributed by atoms with Crippen molar-refractivity contribution in [1.29, 1.82) is 0 Å². The highest BCUT2D eigenvalue weighted by molar-refractivity contribution is 9.10. The molecule has 0 unspecified atom stereocenters. The van der Waals surface area contributed by atoms with E-state index >= 15 is 0 Å². The third-order valence-electron chi connectivity index (χ3n) is 3.74. The molecule has 3 N–H and O–H groups in total. The minimum absolute atomic E-state index is 0.0101. The summed E-state index contributed by atoms with van der Waals surface area (Å²) >= 11 is 3.36. The van der Waals surface area contributed by atoms with Crippen LogP contribution in [0.15, 0.2) is 53.0 Å². The maximum Gasteiger partial charge on any atom is 0.238 e. The number of nitrogens with one attached hydrogen (secondary N) is 1. The Bertz CT molecular complexity index is 746. The molecule has 0 bridgehead atoms. The van der Waals surface area contributed by atoms with E-state index in [1.807, 2.05) is 6.07 Å². The standard InChI is InChI=1S/C19H21BrN2O4/c20-15-6-7-17(21-18(25)13-22(8-10-23)9-11-24)16(12-15)19(26)14-4-2-1-3-5-14/h1-7,12,23-24H,8-11,13H2,(H,21,25). The lowest BCUT2D eigenvalue weighted by Gasteiger charge is -2.20. The Kier molecular flexibility index (Phi) is 7.93. The predicted octanol–water partition coefficient (Wildman–Crippen LogP) is 1.91. The fraction of sp³-hybridized carbons (Fsp3) is 0.263. The molecule has 0 aromatic heterocycles. The van der Waals surface area contributed by atoms with Crippen LogP contribution in [-0.2, 0) is 4.79 Å². The van der Waals surface area contributed by atoms with Gasteiger partial charge in [0.05, 0.1) is 25.4 Å². The van der Waals surface area contributed by atoms with Gasteiger partial charge in [0.1, 0.15) is 0 Å². The average Bonchev–Trinajstić information content (AvgIpc) is 2.63. The van der Waals surface area contributed by atoms with Crippen molar-refractivity contribution in [3.05, 3.63) is 64.1 Å². The monoisotopic (exact) mass is 420 g/mol. The number of hydrogen-bond donors (Lipinski definition) is 3. The van der Waals surface area contributed by atoms with E-state index in [2.05, 4.69) is 21.2 Å². The predicted molar refractivity (Wildman–Crippen MR) is 103 cm³/mol. The van der Waals surface area contributed by atoms with Gasteiger partial charge in [-0.1, -0.05) is 46.3 Å². The summed E-state index contributed by atoms with van der Waals surface area (Å²) in [6, 6.07) is 13.9. The van der Waals surface area contributed by atoms with Gasteiger partial charge in [0.2, 0.25) is 5.91 Å². The second kappa shape index (κ2) is 10.2. The Morgan fingerprint density at radius 3 is 2.27 bits per heavy atom. The summed E-state index contributed by atoms with van der Waals surface area (Å²) in [5.41, 5.74) is 1.33. The molecule has 0 atom stereocenters. The SMILES string of the molecule is O=C(CN(CCO)CCO)Nc1ccc(Br)cc1C(=O)c1ccccc1. The lowest BCUT2D eigenvalue weighted by molar-refractivity contribution is -0.117. The molecule has 2 aromatic rings. The molecule has 6 nitrogen and oxygen atoms in total. The highest BCUT2D eigenvalue weighted by Crippen LogP contribution is 2.24. The molecule has 2 rings (SSSR count). The molecule has 138 valence electrons. The number of ketones is 1. The maximum absolute atomic E-state index is 12.8. The third-order valence-corrected chi connectivity index (χ3v) is 4.23. The number of amides is 1. The summed E-state index contributed by atoms with van der Waals surface area (Å²) in [5.74, 6) is -0.513. The molecule has 0 aliphatic carbocycles. The summed E-state index contributed by atoms with van der Waals surface area (Å²) in [6.07, 6.45) is 0. The Morgan fingerprint density at radius 2 is 1.65 bits per heavy atom. The Balaban J connectivity index is 2.19. The highest BCUT2D eigenvalue weighted by atomic mass is 79.9. The zero-order chi connectivity index (χ0) is 18.9. The number of carbonyl (C=O) groups excluding carboxylic acids is 2. The minimum Gasteiger partial charge on any atom is -0.395 e. The molecule has 7 heteroatoms.